The fourth-order valence-corrected chi connectivity index (χ4v) is 4.48. The van der Waals surface area contributed by atoms with Crippen LogP contribution >= 0.6 is 11.3 Å². The molecule has 2 heterocycles. The van der Waals surface area contributed by atoms with Crippen LogP contribution < -0.4 is 5.32 Å². The molecule has 1 N–H and O–H groups in total. The zero-order valence-electron chi connectivity index (χ0n) is 11.3. The highest BCUT2D eigenvalue weighted by Crippen LogP contribution is 2.48. The monoisotopic (exact) mass is 276 g/mol. The summed E-state index contributed by atoms with van der Waals surface area (Å²) in [6, 6.07) is 2.62. The zero-order chi connectivity index (χ0) is 13.0. The molecular weight excluding hydrogens is 256 g/mol. The predicted molar refractivity (Wildman–Crippen MR) is 75.8 cm³/mol. The summed E-state index contributed by atoms with van der Waals surface area (Å²) in [5.41, 5.74) is 1.02. The van der Waals surface area contributed by atoms with Crippen LogP contribution in [0.5, 0.6) is 0 Å². The fraction of sp³-hybridized carbons (Fsp3) is 0.667. The second kappa shape index (κ2) is 4.06. The lowest BCUT2D eigenvalue weighted by molar-refractivity contribution is -0.134. The van der Waals surface area contributed by atoms with Gasteiger partial charge >= 0.3 is 0 Å². The molecular formula is C15H20N2OS. The molecule has 4 rings (SSSR count). The van der Waals surface area contributed by atoms with E-state index in [1.54, 1.807) is 11.3 Å². The Bertz CT molecular complexity index is 492. The lowest BCUT2D eigenvalue weighted by atomic mass is 9.98. The minimum Gasteiger partial charge on any atom is -0.318 e. The van der Waals surface area contributed by atoms with Gasteiger partial charge in [0.15, 0.2) is 0 Å². The molecule has 4 heteroatoms. The first-order valence-electron chi connectivity index (χ1n) is 7.34. The van der Waals surface area contributed by atoms with Crippen LogP contribution in [0.2, 0.25) is 0 Å². The van der Waals surface area contributed by atoms with E-state index < -0.39 is 0 Å². The van der Waals surface area contributed by atoms with E-state index in [1.165, 1.54) is 24.8 Å². The molecule has 0 radical (unpaired) electrons. The third-order valence-corrected chi connectivity index (χ3v) is 5.78. The van der Waals surface area contributed by atoms with E-state index in [9.17, 15) is 4.79 Å². The Kier molecular flexibility index (Phi) is 2.55. The van der Waals surface area contributed by atoms with Gasteiger partial charge in [-0.05, 0) is 47.6 Å². The Morgan fingerprint density at radius 1 is 1.42 bits per heavy atom. The van der Waals surface area contributed by atoms with Crippen molar-refractivity contribution in [1.29, 1.82) is 0 Å². The number of amides is 1. The molecule has 19 heavy (non-hydrogen) atoms. The van der Waals surface area contributed by atoms with E-state index in [-0.39, 0.29) is 11.7 Å². The molecule has 0 bridgehead atoms. The van der Waals surface area contributed by atoms with Crippen LogP contribution in [-0.4, -0.2) is 22.4 Å². The molecule has 3 fully saturated rings. The van der Waals surface area contributed by atoms with Crippen molar-refractivity contribution >= 4 is 17.2 Å². The number of rotatable bonds is 2. The zero-order valence-corrected chi connectivity index (χ0v) is 12.1. The topological polar surface area (TPSA) is 32.3 Å². The van der Waals surface area contributed by atoms with Crippen LogP contribution in [0, 0.1) is 5.92 Å². The van der Waals surface area contributed by atoms with E-state index in [1.807, 2.05) is 0 Å². The van der Waals surface area contributed by atoms with Crippen LogP contribution in [0.1, 0.15) is 50.8 Å². The molecule has 2 saturated carbocycles. The second-order valence-corrected chi connectivity index (χ2v) is 7.17. The third kappa shape index (κ3) is 1.69. The van der Waals surface area contributed by atoms with Crippen LogP contribution in [0.4, 0.5) is 0 Å². The number of thiophene rings is 1. The fourth-order valence-electron chi connectivity index (χ4n) is 3.80. The van der Waals surface area contributed by atoms with Crippen molar-refractivity contribution in [3.63, 3.8) is 0 Å². The molecule has 3 nitrogen and oxygen atoms in total. The maximum absolute atomic E-state index is 12.9. The van der Waals surface area contributed by atoms with Gasteiger partial charge in [0.1, 0.15) is 6.17 Å². The summed E-state index contributed by atoms with van der Waals surface area (Å²) in [6.07, 6.45) is 5.69. The van der Waals surface area contributed by atoms with Gasteiger partial charge in [-0.2, -0.15) is 11.3 Å². The summed E-state index contributed by atoms with van der Waals surface area (Å²) < 4.78 is 0. The first kappa shape index (κ1) is 11.9. The summed E-state index contributed by atoms with van der Waals surface area (Å²) >= 11 is 1.72. The van der Waals surface area contributed by atoms with E-state index in [2.05, 4.69) is 34.0 Å². The summed E-state index contributed by atoms with van der Waals surface area (Å²) in [5.74, 6) is 1.04. The Labute approximate surface area is 118 Å². The molecule has 1 aliphatic heterocycles. The molecule has 3 aliphatic rings. The normalized spacial score (nSPS) is 36.4. The van der Waals surface area contributed by atoms with Crippen LogP contribution in [0.25, 0.3) is 0 Å². The predicted octanol–water partition coefficient (Wildman–Crippen LogP) is 2.90. The largest absolute Gasteiger partial charge is 0.318 e. The van der Waals surface area contributed by atoms with Crippen LogP contribution in [0.15, 0.2) is 16.8 Å². The maximum atomic E-state index is 12.9. The van der Waals surface area contributed by atoms with Crippen LogP contribution in [-0.2, 0) is 4.79 Å². The maximum Gasteiger partial charge on any atom is 0.244 e. The molecule has 102 valence electrons. The first-order chi connectivity index (χ1) is 9.21. The standard InChI is InChI=1S/C15H20N2OS/c1-10-8-12(10)17-13(11-4-7-19-9-11)16-15(14(17)18)5-2-3-6-15/h4,7,9-10,12-13,16H,2-3,5-6,8H2,1H3. The van der Waals surface area contributed by atoms with Gasteiger partial charge in [0.2, 0.25) is 5.91 Å². The van der Waals surface area contributed by atoms with Gasteiger partial charge in [-0.3, -0.25) is 10.1 Å². The van der Waals surface area contributed by atoms with E-state index in [4.69, 9.17) is 0 Å². The molecule has 0 aromatic carbocycles. The molecule has 1 amide bonds. The van der Waals surface area contributed by atoms with Crippen molar-refractivity contribution in [3.05, 3.63) is 22.4 Å². The lowest BCUT2D eigenvalue weighted by Gasteiger charge is -2.24. The highest BCUT2D eigenvalue weighted by molar-refractivity contribution is 7.07. The molecule has 2 aliphatic carbocycles. The van der Waals surface area contributed by atoms with Gasteiger partial charge in [-0.25, -0.2) is 0 Å². The van der Waals surface area contributed by atoms with E-state index >= 15 is 0 Å². The van der Waals surface area contributed by atoms with Gasteiger partial charge in [0, 0.05) is 6.04 Å². The summed E-state index contributed by atoms with van der Waals surface area (Å²) in [5, 5.41) is 7.98. The van der Waals surface area contributed by atoms with Crippen LogP contribution in [0.3, 0.4) is 0 Å². The van der Waals surface area contributed by atoms with Crippen molar-refractivity contribution in [3.8, 4) is 0 Å². The highest BCUT2D eigenvalue weighted by atomic mass is 32.1. The average Bonchev–Trinajstić information content (AvgIpc) is 2.88. The number of carbonyl (C=O) groups excluding carboxylic acids is 1. The van der Waals surface area contributed by atoms with E-state index in [0.29, 0.717) is 17.9 Å². The SMILES string of the molecule is CC1CC1N1C(=O)C2(CCCC2)NC1c1ccsc1. The molecule has 3 atom stereocenters. The van der Waals surface area contributed by atoms with Gasteiger partial charge in [0.25, 0.3) is 0 Å². The van der Waals surface area contributed by atoms with Crippen molar-refractivity contribution in [2.75, 3.05) is 0 Å². The van der Waals surface area contributed by atoms with Gasteiger partial charge < -0.3 is 4.90 Å². The summed E-state index contributed by atoms with van der Waals surface area (Å²) in [4.78, 5) is 15.1. The van der Waals surface area contributed by atoms with Crippen molar-refractivity contribution < 1.29 is 4.79 Å². The van der Waals surface area contributed by atoms with E-state index in [0.717, 1.165) is 12.8 Å². The van der Waals surface area contributed by atoms with Gasteiger partial charge in [-0.1, -0.05) is 19.8 Å². The minimum absolute atomic E-state index is 0.117. The average molecular weight is 276 g/mol. The highest BCUT2D eigenvalue weighted by Gasteiger charge is 2.57. The molecule has 1 spiro atoms. The quantitative estimate of drug-likeness (QED) is 0.901. The molecule has 1 aromatic rings. The number of nitrogens with zero attached hydrogens (tertiary/aromatic N) is 1. The Morgan fingerprint density at radius 3 is 2.74 bits per heavy atom. The first-order valence-corrected chi connectivity index (χ1v) is 8.28. The molecule has 3 unspecified atom stereocenters. The Morgan fingerprint density at radius 2 is 2.16 bits per heavy atom. The number of hydrogen-bond acceptors (Lipinski definition) is 3. The van der Waals surface area contributed by atoms with Gasteiger partial charge in [-0.15, -0.1) is 0 Å². The minimum atomic E-state index is -0.241. The smallest absolute Gasteiger partial charge is 0.244 e. The van der Waals surface area contributed by atoms with Crippen molar-refractivity contribution in [2.45, 2.75) is 56.8 Å². The summed E-state index contributed by atoms with van der Waals surface area (Å²) in [6.45, 7) is 2.25. The second-order valence-electron chi connectivity index (χ2n) is 6.39. The van der Waals surface area contributed by atoms with Crippen molar-refractivity contribution in [1.82, 2.24) is 10.2 Å². The molecule has 1 aromatic heterocycles. The number of carbonyl (C=O) groups is 1. The Hall–Kier alpha value is -0.870. The summed E-state index contributed by atoms with van der Waals surface area (Å²) in [7, 11) is 0. The third-order valence-electron chi connectivity index (χ3n) is 5.08. The Balaban J connectivity index is 1.70. The molecule has 1 saturated heterocycles. The lowest BCUT2D eigenvalue weighted by Crippen LogP contribution is -2.44. The number of hydrogen-bond donors (Lipinski definition) is 1. The number of nitrogens with one attached hydrogen (secondary N) is 1. The van der Waals surface area contributed by atoms with Gasteiger partial charge in [0.05, 0.1) is 5.54 Å². The van der Waals surface area contributed by atoms with Crippen molar-refractivity contribution in [2.24, 2.45) is 5.92 Å².